The van der Waals surface area contributed by atoms with Gasteiger partial charge in [-0.15, -0.1) is 0 Å². The fourth-order valence-electron chi connectivity index (χ4n) is 2.08. The Kier molecular flexibility index (Phi) is 2.57. The van der Waals surface area contributed by atoms with Crippen LogP contribution in [0.25, 0.3) is 0 Å². The molecule has 0 radical (unpaired) electrons. The molecule has 0 fully saturated rings. The van der Waals surface area contributed by atoms with Crippen molar-refractivity contribution in [3.8, 4) is 0 Å². The molecule has 0 unspecified atom stereocenters. The zero-order valence-corrected chi connectivity index (χ0v) is 8.34. The molecule has 15 heavy (non-hydrogen) atoms. The Labute approximate surface area is 87.6 Å². The Balaban J connectivity index is 2.43. The van der Waals surface area contributed by atoms with Crippen LogP contribution >= 0.6 is 0 Å². The van der Waals surface area contributed by atoms with E-state index in [9.17, 15) is 8.78 Å². The Bertz CT molecular complexity index is 370. The van der Waals surface area contributed by atoms with Gasteiger partial charge in [0.25, 0.3) is 0 Å². The summed E-state index contributed by atoms with van der Waals surface area (Å²) in [5.74, 6) is -1.07. The molecule has 0 atom stereocenters. The van der Waals surface area contributed by atoms with Crippen LogP contribution in [0.3, 0.4) is 0 Å². The van der Waals surface area contributed by atoms with Crippen LogP contribution in [0.4, 0.5) is 8.78 Å². The second-order valence-corrected chi connectivity index (χ2v) is 4.02. The second kappa shape index (κ2) is 3.74. The van der Waals surface area contributed by atoms with Crippen molar-refractivity contribution in [3.63, 3.8) is 0 Å². The van der Waals surface area contributed by atoms with Gasteiger partial charge in [0.1, 0.15) is 11.6 Å². The molecule has 0 amide bonds. The summed E-state index contributed by atoms with van der Waals surface area (Å²) in [5, 5.41) is 0. The van der Waals surface area contributed by atoms with Crippen molar-refractivity contribution in [1.82, 2.24) is 0 Å². The van der Waals surface area contributed by atoms with Crippen LogP contribution in [-0.4, -0.2) is 6.54 Å². The van der Waals surface area contributed by atoms with Crippen molar-refractivity contribution in [2.75, 3.05) is 6.54 Å². The largest absolute Gasteiger partial charge is 0.330 e. The molecule has 3 heteroatoms. The summed E-state index contributed by atoms with van der Waals surface area (Å²) >= 11 is 0. The minimum absolute atomic E-state index is 0.303. The first-order valence-electron chi connectivity index (χ1n) is 4.98. The Morgan fingerprint density at radius 2 is 1.60 bits per heavy atom. The van der Waals surface area contributed by atoms with Crippen LogP contribution in [0.5, 0.6) is 0 Å². The van der Waals surface area contributed by atoms with E-state index in [1.165, 1.54) is 12.1 Å². The van der Waals surface area contributed by atoms with Crippen LogP contribution in [-0.2, 0) is 5.41 Å². The zero-order chi connectivity index (χ0) is 10.9. The topological polar surface area (TPSA) is 26.0 Å². The number of rotatable bonds is 2. The Morgan fingerprint density at radius 3 is 2.07 bits per heavy atom. The number of halogens is 2. The Hall–Kier alpha value is -1.22. The zero-order valence-electron chi connectivity index (χ0n) is 8.34. The summed E-state index contributed by atoms with van der Waals surface area (Å²) in [6.07, 6.45) is 5.53. The van der Waals surface area contributed by atoms with Gasteiger partial charge in [0, 0.05) is 18.0 Å². The predicted octanol–water partition coefficient (Wildman–Crippen LogP) is 2.51. The second-order valence-electron chi connectivity index (χ2n) is 4.02. The van der Waals surface area contributed by atoms with E-state index < -0.39 is 11.6 Å². The maximum atomic E-state index is 13.1. The molecule has 1 aliphatic carbocycles. The van der Waals surface area contributed by atoms with E-state index in [1.807, 2.05) is 12.2 Å². The molecule has 1 aromatic rings. The van der Waals surface area contributed by atoms with E-state index >= 15 is 0 Å². The van der Waals surface area contributed by atoms with Crippen molar-refractivity contribution in [2.45, 2.75) is 18.3 Å². The standard InChI is InChI=1S/C12H13F2N/c13-10-5-9(6-11(14)7-10)12(8-15)3-1-2-4-12/h1-2,5-7H,3-4,8,15H2. The molecule has 0 saturated heterocycles. The van der Waals surface area contributed by atoms with Crippen LogP contribution < -0.4 is 5.73 Å². The highest BCUT2D eigenvalue weighted by Gasteiger charge is 2.32. The average Bonchev–Trinajstić information content (AvgIpc) is 2.65. The van der Waals surface area contributed by atoms with Crippen molar-refractivity contribution in [3.05, 3.63) is 47.5 Å². The number of hydrogen-bond acceptors (Lipinski definition) is 1. The average molecular weight is 209 g/mol. The molecule has 0 heterocycles. The molecule has 2 N–H and O–H groups in total. The molecule has 0 aromatic heterocycles. The third-order valence-corrected chi connectivity index (χ3v) is 3.05. The third-order valence-electron chi connectivity index (χ3n) is 3.05. The van der Waals surface area contributed by atoms with Crippen LogP contribution in [0, 0.1) is 11.6 Å². The monoisotopic (exact) mass is 209 g/mol. The molecule has 0 aliphatic heterocycles. The van der Waals surface area contributed by atoms with Gasteiger partial charge in [0.05, 0.1) is 0 Å². The summed E-state index contributed by atoms with van der Waals surface area (Å²) in [6, 6.07) is 3.64. The fourth-order valence-corrected chi connectivity index (χ4v) is 2.08. The molecule has 2 rings (SSSR count). The van der Waals surface area contributed by atoms with E-state index in [4.69, 9.17) is 5.73 Å². The van der Waals surface area contributed by atoms with Gasteiger partial charge in [0.2, 0.25) is 0 Å². The maximum absolute atomic E-state index is 13.1. The molecule has 1 aromatic carbocycles. The van der Waals surface area contributed by atoms with Gasteiger partial charge in [-0.05, 0) is 30.5 Å². The van der Waals surface area contributed by atoms with Crippen LogP contribution in [0.1, 0.15) is 18.4 Å². The van der Waals surface area contributed by atoms with Gasteiger partial charge in [0.15, 0.2) is 0 Å². The van der Waals surface area contributed by atoms with Gasteiger partial charge in [-0.3, -0.25) is 0 Å². The highest BCUT2D eigenvalue weighted by molar-refractivity contribution is 5.31. The lowest BCUT2D eigenvalue weighted by atomic mass is 9.78. The van der Waals surface area contributed by atoms with E-state index in [-0.39, 0.29) is 5.41 Å². The number of nitrogens with two attached hydrogens (primary N) is 1. The summed E-state index contributed by atoms with van der Waals surface area (Å²) in [6.45, 7) is 0.406. The van der Waals surface area contributed by atoms with Crippen molar-refractivity contribution >= 4 is 0 Å². The predicted molar refractivity (Wildman–Crippen MR) is 55.5 cm³/mol. The highest BCUT2D eigenvalue weighted by atomic mass is 19.1. The summed E-state index contributed by atoms with van der Waals surface area (Å²) in [7, 11) is 0. The molecule has 80 valence electrons. The highest BCUT2D eigenvalue weighted by Crippen LogP contribution is 2.36. The van der Waals surface area contributed by atoms with E-state index in [1.54, 1.807) is 0 Å². The van der Waals surface area contributed by atoms with Crippen molar-refractivity contribution in [2.24, 2.45) is 5.73 Å². The van der Waals surface area contributed by atoms with Gasteiger partial charge in [-0.1, -0.05) is 12.2 Å². The lowest BCUT2D eigenvalue weighted by Gasteiger charge is -2.27. The smallest absolute Gasteiger partial charge is 0.126 e. The molecular formula is C12H13F2N. The van der Waals surface area contributed by atoms with Gasteiger partial charge in [-0.25, -0.2) is 8.78 Å². The summed E-state index contributed by atoms with van der Waals surface area (Å²) < 4.78 is 26.2. The summed E-state index contributed by atoms with van der Waals surface area (Å²) in [5.41, 5.74) is 6.07. The minimum Gasteiger partial charge on any atom is -0.330 e. The quantitative estimate of drug-likeness (QED) is 0.744. The first-order valence-corrected chi connectivity index (χ1v) is 4.98. The van der Waals surface area contributed by atoms with Crippen molar-refractivity contribution < 1.29 is 8.78 Å². The van der Waals surface area contributed by atoms with Gasteiger partial charge < -0.3 is 5.73 Å². The van der Waals surface area contributed by atoms with Crippen molar-refractivity contribution in [1.29, 1.82) is 0 Å². The van der Waals surface area contributed by atoms with Gasteiger partial charge in [-0.2, -0.15) is 0 Å². The Morgan fingerprint density at radius 1 is 1.07 bits per heavy atom. The normalized spacial score (nSPS) is 18.3. The number of benzene rings is 1. The summed E-state index contributed by atoms with van der Waals surface area (Å²) in [4.78, 5) is 0. The molecule has 1 aliphatic rings. The lowest BCUT2D eigenvalue weighted by Crippen LogP contribution is -2.32. The number of hydrogen-bond donors (Lipinski definition) is 1. The fraction of sp³-hybridized carbons (Fsp3) is 0.333. The SMILES string of the molecule is NCC1(c2cc(F)cc(F)c2)CC=CC1. The van der Waals surface area contributed by atoms with E-state index in [0.29, 0.717) is 12.1 Å². The molecule has 0 bridgehead atoms. The van der Waals surface area contributed by atoms with Gasteiger partial charge >= 0.3 is 0 Å². The van der Waals surface area contributed by atoms with E-state index in [2.05, 4.69) is 0 Å². The molecule has 0 saturated carbocycles. The van der Waals surface area contributed by atoms with Crippen LogP contribution in [0.15, 0.2) is 30.4 Å². The molecule has 0 spiro atoms. The van der Waals surface area contributed by atoms with Crippen LogP contribution in [0.2, 0.25) is 0 Å². The molecular weight excluding hydrogens is 196 g/mol. The minimum atomic E-state index is -0.537. The molecule has 1 nitrogen and oxygen atoms in total. The first kappa shape index (κ1) is 10.3. The first-order chi connectivity index (χ1) is 7.16. The lowest BCUT2D eigenvalue weighted by molar-refractivity contribution is 0.460. The third kappa shape index (κ3) is 1.79. The van der Waals surface area contributed by atoms with E-state index in [0.717, 1.165) is 18.9 Å². The number of allylic oxidation sites excluding steroid dienone is 2. The maximum Gasteiger partial charge on any atom is 0.126 e.